The molecule has 1 aromatic carbocycles. The van der Waals surface area contributed by atoms with Gasteiger partial charge in [-0.3, -0.25) is 0 Å². The van der Waals surface area contributed by atoms with Crippen LogP contribution in [-0.2, 0) is 6.54 Å². The minimum Gasteiger partial charge on any atom is -0.478 e. The van der Waals surface area contributed by atoms with Crippen molar-refractivity contribution < 1.29 is 9.47 Å². The van der Waals surface area contributed by atoms with E-state index in [0.29, 0.717) is 30.7 Å². The molecule has 0 saturated carbocycles. The molecule has 0 fully saturated rings. The molecule has 0 saturated heterocycles. The second-order valence-electron chi connectivity index (χ2n) is 3.58. The Morgan fingerprint density at radius 3 is 2.50 bits per heavy atom. The van der Waals surface area contributed by atoms with E-state index in [9.17, 15) is 0 Å². The fraction of sp³-hybridized carbons (Fsp3) is 0.231. The average Bonchev–Trinajstić information content (AvgIpc) is 2.40. The predicted molar refractivity (Wildman–Crippen MR) is 67.6 cm³/mol. The van der Waals surface area contributed by atoms with E-state index in [2.05, 4.69) is 9.97 Å². The first-order valence-corrected chi connectivity index (χ1v) is 5.73. The summed E-state index contributed by atoms with van der Waals surface area (Å²) in [6.07, 6.45) is 1.41. The third-order valence-electron chi connectivity index (χ3n) is 2.29. The van der Waals surface area contributed by atoms with Gasteiger partial charge in [-0.15, -0.1) is 0 Å². The highest BCUT2D eigenvalue weighted by molar-refractivity contribution is 5.31. The van der Waals surface area contributed by atoms with Gasteiger partial charge in [0, 0.05) is 6.54 Å². The molecule has 0 aliphatic heterocycles. The first-order chi connectivity index (χ1) is 8.81. The lowest BCUT2D eigenvalue weighted by molar-refractivity contribution is 0.322. The highest BCUT2D eigenvalue weighted by Gasteiger charge is 2.02. The highest BCUT2D eigenvalue weighted by Crippen LogP contribution is 2.21. The van der Waals surface area contributed by atoms with Crippen LogP contribution in [0.5, 0.6) is 17.5 Å². The molecule has 2 aromatic rings. The summed E-state index contributed by atoms with van der Waals surface area (Å²) in [7, 11) is 0. The Hall–Kier alpha value is -2.14. The molecule has 18 heavy (non-hydrogen) atoms. The number of hydrogen-bond donors (Lipinski definition) is 1. The van der Waals surface area contributed by atoms with E-state index in [-0.39, 0.29) is 0 Å². The monoisotopic (exact) mass is 245 g/mol. The summed E-state index contributed by atoms with van der Waals surface area (Å²) in [5.41, 5.74) is 6.58. The lowest BCUT2D eigenvalue weighted by atomic mass is 10.2. The molecule has 0 radical (unpaired) electrons. The summed E-state index contributed by atoms with van der Waals surface area (Å²) in [5.74, 6) is 1.66. The minimum atomic E-state index is 0.453. The fourth-order valence-corrected chi connectivity index (χ4v) is 1.42. The third kappa shape index (κ3) is 3.18. The zero-order valence-electron chi connectivity index (χ0n) is 10.2. The van der Waals surface area contributed by atoms with Crippen molar-refractivity contribution in [1.29, 1.82) is 0 Å². The molecule has 0 atom stereocenters. The van der Waals surface area contributed by atoms with E-state index in [1.54, 1.807) is 6.07 Å². The van der Waals surface area contributed by atoms with Gasteiger partial charge in [-0.05, 0) is 24.6 Å². The number of nitrogens with zero attached hydrogens (tertiary/aromatic N) is 2. The van der Waals surface area contributed by atoms with Crippen molar-refractivity contribution in [3.63, 3.8) is 0 Å². The molecule has 0 amide bonds. The van der Waals surface area contributed by atoms with Gasteiger partial charge in [0.25, 0.3) is 0 Å². The second kappa shape index (κ2) is 5.97. The van der Waals surface area contributed by atoms with Gasteiger partial charge in [0.15, 0.2) is 0 Å². The Morgan fingerprint density at radius 1 is 1.11 bits per heavy atom. The predicted octanol–water partition coefficient (Wildman–Crippen LogP) is 2.13. The number of benzene rings is 1. The smallest absolute Gasteiger partial charge is 0.226 e. The molecule has 0 aliphatic carbocycles. The normalized spacial score (nSPS) is 10.1. The number of rotatable bonds is 5. The van der Waals surface area contributed by atoms with Crippen molar-refractivity contribution in [1.82, 2.24) is 9.97 Å². The zero-order chi connectivity index (χ0) is 12.8. The largest absolute Gasteiger partial charge is 0.478 e. The van der Waals surface area contributed by atoms with E-state index >= 15 is 0 Å². The quantitative estimate of drug-likeness (QED) is 0.873. The molecule has 5 heteroatoms. The molecule has 0 spiro atoms. The Labute approximate surface area is 106 Å². The summed E-state index contributed by atoms with van der Waals surface area (Å²) in [6.45, 7) is 2.97. The van der Waals surface area contributed by atoms with Gasteiger partial charge in [0.05, 0.1) is 12.7 Å². The molecule has 94 valence electrons. The van der Waals surface area contributed by atoms with E-state index < -0.39 is 0 Å². The van der Waals surface area contributed by atoms with Crippen LogP contribution in [0.4, 0.5) is 0 Å². The van der Waals surface area contributed by atoms with Crippen molar-refractivity contribution in [2.45, 2.75) is 13.5 Å². The Bertz CT molecular complexity index is 500. The van der Waals surface area contributed by atoms with Crippen LogP contribution >= 0.6 is 0 Å². The van der Waals surface area contributed by atoms with Crippen molar-refractivity contribution in [2.75, 3.05) is 6.61 Å². The van der Waals surface area contributed by atoms with Crippen molar-refractivity contribution in [3.8, 4) is 17.5 Å². The Balaban J connectivity index is 2.09. The summed E-state index contributed by atoms with van der Waals surface area (Å²) in [4.78, 5) is 7.99. The van der Waals surface area contributed by atoms with Crippen LogP contribution in [0.1, 0.15) is 12.5 Å². The highest BCUT2D eigenvalue weighted by atomic mass is 16.5. The van der Waals surface area contributed by atoms with Gasteiger partial charge in [-0.25, -0.2) is 9.97 Å². The fourth-order valence-electron chi connectivity index (χ4n) is 1.42. The van der Waals surface area contributed by atoms with Gasteiger partial charge in [0.2, 0.25) is 11.8 Å². The molecule has 0 aliphatic rings. The lowest BCUT2D eigenvalue weighted by Gasteiger charge is -2.06. The molecule has 2 rings (SSSR count). The van der Waals surface area contributed by atoms with Crippen LogP contribution in [0.15, 0.2) is 36.7 Å². The second-order valence-corrected chi connectivity index (χ2v) is 3.58. The van der Waals surface area contributed by atoms with Crippen molar-refractivity contribution >= 4 is 0 Å². The van der Waals surface area contributed by atoms with E-state index in [4.69, 9.17) is 15.2 Å². The van der Waals surface area contributed by atoms with Crippen LogP contribution in [-0.4, -0.2) is 16.6 Å². The molecule has 1 heterocycles. The Morgan fingerprint density at radius 2 is 1.83 bits per heavy atom. The van der Waals surface area contributed by atoms with Crippen molar-refractivity contribution in [3.05, 3.63) is 42.2 Å². The molecule has 0 unspecified atom stereocenters. The maximum atomic E-state index is 5.59. The molecular formula is C13H15N3O2. The van der Waals surface area contributed by atoms with Gasteiger partial charge < -0.3 is 15.2 Å². The topological polar surface area (TPSA) is 70.3 Å². The van der Waals surface area contributed by atoms with Crippen molar-refractivity contribution in [2.24, 2.45) is 5.73 Å². The van der Waals surface area contributed by atoms with Crippen LogP contribution in [0.25, 0.3) is 0 Å². The number of ether oxygens (including phenoxy) is 2. The molecule has 1 aromatic heterocycles. The first-order valence-electron chi connectivity index (χ1n) is 5.73. The number of hydrogen-bond acceptors (Lipinski definition) is 5. The molecule has 5 nitrogen and oxygen atoms in total. The van der Waals surface area contributed by atoms with Gasteiger partial charge >= 0.3 is 0 Å². The third-order valence-corrected chi connectivity index (χ3v) is 2.29. The van der Waals surface area contributed by atoms with E-state index in [1.165, 1.54) is 6.33 Å². The molecular weight excluding hydrogens is 230 g/mol. The summed E-state index contributed by atoms with van der Waals surface area (Å²) < 4.78 is 10.9. The number of aromatic nitrogens is 2. The standard InChI is InChI=1S/C13H15N3O2/c1-2-17-12-7-13(16-9-15-12)18-11-5-3-10(8-14)4-6-11/h3-7,9H,2,8,14H2,1H3. The maximum Gasteiger partial charge on any atom is 0.226 e. The molecule has 0 bridgehead atoms. The van der Waals surface area contributed by atoms with Crippen LogP contribution in [0.3, 0.4) is 0 Å². The van der Waals surface area contributed by atoms with Gasteiger partial charge in [-0.1, -0.05) is 12.1 Å². The van der Waals surface area contributed by atoms with Gasteiger partial charge in [-0.2, -0.15) is 0 Å². The Kier molecular flexibility index (Phi) is 4.09. The summed E-state index contributed by atoms with van der Waals surface area (Å²) in [5, 5.41) is 0. The maximum absolute atomic E-state index is 5.59. The SMILES string of the molecule is CCOc1cc(Oc2ccc(CN)cc2)ncn1. The minimum absolute atomic E-state index is 0.453. The first kappa shape index (κ1) is 12.3. The van der Waals surface area contributed by atoms with Crippen LogP contribution in [0.2, 0.25) is 0 Å². The molecule has 2 N–H and O–H groups in total. The van der Waals surface area contributed by atoms with Gasteiger partial charge in [0.1, 0.15) is 12.1 Å². The summed E-state index contributed by atoms with van der Waals surface area (Å²) in [6, 6.07) is 9.19. The number of nitrogens with two attached hydrogens (primary N) is 1. The average molecular weight is 245 g/mol. The zero-order valence-corrected chi connectivity index (χ0v) is 10.2. The van der Waals surface area contributed by atoms with Crippen LogP contribution < -0.4 is 15.2 Å². The van der Waals surface area contributed by atoms with E-state index in [0.717, 1.165) is 5.56 Å². The van der Waals surface area contributed by atoms with E-state index in [1.807, 2.05) is 31.2 Å². The summed E-state index contributed by atoms with van der Waals surface area (Å²) >= 11 is 0. The van der Waals surface area contributed by atoms with Crippen LogP contribution in [0, 0.1) is 0 Å². The lowest BCUT2D eigenvalue weighted by Crippen LogP contribution is -1.97.